The second-order valence-electron chi connectivity index (χ2n) is 7.58. The van der Waals surface area contributed by atoms with Crippen LogP contribution in [0.4, 0.5) is 4.79 Å². The van der Waals surface area contributed by atoms with E-state index in [0.717, 1.165) is 10.2 Å². The Kier molecular flexibility index (Phi) is 4.97. The van der Waals surface area contributed by atoms with Crippen molar-refractivity contribution in [1.82, 2.24) is 9.88 Å². The van der Waals surface area contributed by atoms with Crippen LogP contribution in [0.2, 0.25) is 0 Å². The maximum atomic E-state index is 13.1. The van der Waals surface area contributed by atoms with Gasteiger partial charge in [0, 0.05) is 19.5 Å². The second kappa shape index (κ2) is 7.76. The van der Waals surface area contributed by atoms with Gasteiger partial charge in [-0.1, -0.05) is 12.1 Å². The number of morpholine rings is 1. The molecule has 1 saturated heterocycles. The number of para-hydroxylation sites is 1. The number of benzene rings is 1. The number of thiazole rings is 1. The quantitative estimate of drug-likeness (QED) is 0.751. The molecule has 0 bridgehead atoms. The van der Waals surface area contributed by atoms with Gasteiger partial charge >= 0.3 is 6.09 Å². The zero-order valence-corrected chi connectivity index (χ0v) is 16.7. The molecule has 1 saturated carbocycles. The van der Waals surface area contributed by atoms with E-state index < -0.39 is 0 Å². The van der Waals surface area contributed by atoms with Gasteiger partial charge in [0.2, 0.25) is 0 Å². The summed E-state index contributed by atoms with van der Waals surface area (Å²) in [4.78, 5) is 31.7. The topological polar surface area (TPSA) is 78.0 Å². The average molecular weight is 414 g/mol. The van der Waals surface area contributed by atoms with Crippen LogP contribution in [-0.2, 0) is 19.0 Å². The molecular weight excluding hydrogens is 392 g/mol. The largest absolute Gasteiger partial charge is 0.496 e. The molecule has 3 unspecified atom stereocenters. The standard InChI is InChI=1S/C21H22N2O5S/c24-19-14-6-5-13(28-21(25)23-7-9-26-10-8-23)11-17(14)27-12-15(19)20-22-16-3-1-2-4-18(16)29-20/h1-4,12-14,17H,5-11H2. The predicted molar refractivity (Wildman–Crippen MR) is 107 cm³/mol. The zero-order valence-electron chi connectivity index (χ0n) is 15.9. The fourth-order valence-electron chi connectivity index (χ4n) is 4.17. The highest BCUT2D eigenvalue weighted by Crippen LogP contribution is 2.39. The number of hydrogen-bond donors (Lipinski definition) is 0. The number of nitrogens with zero attached hydrogens (tertiary/aromatic N) is 2. The molecular formula is C21H22N2O5S. The minimum atomic E-state index is -0.301. The molecule has 3 heterocycles. The third-order valence-electron chi connectivity index (χ3n) is 5.77. The monoisotopic (exact) mass is 414 g/mol. The Bertz CT molecular complexity index is 932. The van der Waals surface area contributed by atoms with Crippen molar-refractivity contribution < 1.29 is 23.8 Å². The van der Waals surface area contributed by atoms with Crippen LogP contribution >= 0.6 is 11.3 Å². The van der Waals surface area contributed by atoms with Gasteiger partial charge in [-0.3, -0.25) is 4.79 Å². The van der Waals surface area contributed by atoms with Gasteiger partial charge in [-0.25, -0.2) is 9.78 Å². The molecule has 2 aliphatic heterocycles. The molecule has 1 aliphatic carbocycles. The Morgan fingerprint density at radius 3 is 2.86 bits per heavy atom. The fourth-order valence-corrected chi connectivity index (χ4v) is 5.15. The van der Waals surface area contributed by atoms with E-state index in [0.29, 0.717) is 56.1 Å². The van der Waals surface area contributed by atoms with Crippen molar-refractivity contribution in [3.05, 3.63) is 35.5 Å². The summed E-state index contributed by atoms with van der Waals surface area (Å²) in [6.07, 6.45) is 2.62. The van der Waals surface area contributed by atoms with Crippen molar-refractivity contribution in [2.75, 3.05) is 26.3 Å². The summed E-state index contributed by atoms with van der Waals surface area (Å²) in [5.41, 5.74) is 1.44. The van der Waals surface area contributed by atoms with Crippen LogP contribution in [0, 0.1) is 5.92 Å². The molecule has 1 aromatic carbocycles. The number of fused-ring (bicyclic) bond motifs is 2. The Labute approximate surface area is 172 Å². The average Bonchev–Trinajstić information content (AvgIpc) is 3.18. The Morgan fingerprint density at radius 1 is 1.21 bits per heavy atom. The van der Waals surface area contributed by atoms with Crippen molar-refractivity contribution in [2.45, 2.75) is 31.5 Å². The first-order valence-electron chi connectivity index (χ1n) is 9.98. The first-order chi connectivity index (χ1) is 14.2. The Morgan fingerprint density at radius 2 is 2.03 bits per heavy atom. The maximum absolute atomic E-state index is 13.1. The van der Waals surface area contributed by atoms with E-state index in [1.54, 1.807) is 11.2 Å². The van der Waals surface area contributed by atoms with Crippen molar-refractivity contribution in [3.63, 3.8) is 0 Å². The predicted octanol–water partition coefficient (Wildman–Crippen LogP) is 3.24. The summed E-state index contributed by atoms with van der Waals surface area (Å²) in [5, 5.41) is 0.704. The van der Waals surface area contributed by atoms with Gasteiger partial charge in [-0.15, -0.1) is 11.3 Å². The lowest BCUT2D eigenvalue weighted by atomic mass is 9.79. The van der Waals surface area contributed by atoms with Gasteiger partial charge < -0.3 is 19.1 Å². The van der Waals surface area contributed by atoms with Crippen molar-refractivity contribution in [3.8, 4) is 0 Å². The first-order valence-corrected chi connectivity index (χ1v) is 10.8. The zero-order chi connectivity index (χ0) is 19.8. The van der Waals surface area contributed by atoms with Gasteiger partial charge in [-0.05, 0) is 25.0 Å². The van der Waals surface area contributed by atoms with Crippen LogP contribution in [0.25, 0.3) is 15.8 Å². The van der Waals surface area contributed by atoms with E-state index >= 15 is 0 Å². The lowest BCUT2D eigenvalue weighted by molar-refractivity contribution is -0.126. The van der Waals surface area contributed by atoms with Gasteiger partial charge in [0.05, 0.1) is 41.2 Å². The molecule has 0 spiro atoms. The van der Waals surface area contributed by atoms with Crippen LogP contribution < -0.4 is 0 Å². The molecule has 0 N–H and O–H groups in total. The van der Waals surface area contributed by atoms with Crippen LogP contribution in [-0.4, -0.2) is 60.3 Å². The lowest BCUT2D eigenvalue weighted by Gasteiger charge is -2.37. The smallest absolute Gasteiger partial charge is 0.410 e. The van der Waals surface area contributed by atoms with Gasteiger partial charge in [0.1, 0.15) is 17.2 Å². The third kappa shape index (κ3) is 3.62. The first kappa shape index (κ1) is 18.6. The lowest BCUT2D eigenvalue weighted by Crippen LogP contribution is -2.45. The fraction of sp³-hybridized carbons (Fsp3) is 0.476. The maximum Gasteiger partial charge on any atom is 0.410 e. The number of aromatic nitrogens is 1. The summed E-state index contributed by atoms with van der Waals surface area (Å²) in [6.45, 7) is 2.20. The van der Waals surface area contributed by atoms with Gasteiger partial charge in [0.15, 0.2) is 5.78 Å². The molecule has 29 heavy (non-hydrogen) atoms. The van der Waals surface area contributed by atoms with Crippen LogP contribution in [0.5, 0.6) is 0 Å². The summed E-state index contributed by atoms with van der Waals surface area (Å²) in [6, 6.07) is 7.85. The molecule has 2 fully saturated rings. The summed E-state index contributed by atoms with van der Waals surface area (Å²) in [7, 11) is 0. The minimum absolute atomic E-state index is 0.0817. The van der Waals surface area contributed by atoms with Crippen molar-refractivity contribution in [1.29, 1.82) is 0 Å². The molecule has 152 valence electrons. The van der Waals surface area contributed by atoms with E-state index in [1.165, 1.54) is 11.3 Å². The molecule has 0 radical (unpaired) electrons. The number of hydrogen-bond acceptors (Lipinski definition) is 7. The highest BCUT2D eigenvalue weighted by atomic mass is 32.1. The molecule has 1 amide bonds. The van der Waals surface area contributed by atoms with Crippen LogP contribution in [0.15, 0.2) is 30.5 Å². The van der Waals surface area contributed by atoms with Crippen molar-refractivity contribution in [2.24, 2.45) is 5.92 Å². The van der Waals surface area contributed by atoms with Crippen molar-refractivity contribution >= 4 is 39.0 Å². The number of rotatable bonds is 2. The molecule has 8 heteroatoms. The van der Waals surface area contributed by atoms with Crippen LogP contribution in [0.1, 0.15) is 24.3 Å². The van der Waals surface area contributed by atoms with E-state index in [4.69, 9.17) is 14.2 Å². The molecule has 1 aromatic heterocycles. The normalized spacial score (nSPS) is 27.2. The van der Waals surface area contributed by atoms with E-state index in [9.17, 15) is 9.59 Å². The number of Topliss-reactive ketones (excluding diaryl/α,β-unsaturated/α-hetero) is 1. The highest BCUT2D eigenvalue weighted by molar-refractivity contribution is 7.19. The Hall–Kier alpha value is -2.45. The minimum Gasteiger partial charge on any atom is -0.496 e. The number of carbonyl (C=O) groups is 2. The number of amides is 1. The molecule has 3 aliphatic rings. The SMILES string of the molecule is O=C1C(c2nc3ccccc3s2)=COC2CC(OC(=O)N3CCOCC3)CCC12. The second-order valence-corrected chi connectivity index (χ2v) is 8.61. The summed E-state index contributed by atoms with van der Waals surface area (Å²) >= 11 is 1.51. The number of ether oxygens (including phenoxy) is 3. The summed E-state index contributed by atoms with van der Waals surface area (Å²) in [5.74, 6) is -0.126. The van der Waals surface area contributed by atoms with E-state index in [1.807, 2.05) is 24.3 Å². The van der Waals surface area contributed by atoms with Gasteiger partial charge in [0.25, 0.3) is 0 Å². The molecule has 7 nitrogen and oxygen atoms in total. The number of allylic oxidation sites excluding steroid dienone is 1. The molecule has 3 atom stereocenters. The number of carbonyl (C=O) groups excluding carboxylic acids is 2. The summed E-state index contributed by atoms with van der Waals surface area (Å²) < 4.78 is 17.9. The van der Waals surface area contributed by atoms with Gasteiger partial charge in [-0.2, -0.15) is 0 Å². The number of ketones is 1. The molecule has 5 rings (SSSR count). The third-order valence-corrected chi connectivity index (χ3v) is 6.84. The van der Waals surface area contributed by atoms with E-state index in [-0.39, 0.29) is 30.0 Å². The van der Waals surface area contributed by atoms with Crippen LogP contribution in [0.3, 0.4) is 0 Å². The van der Waals surface area contributed by atoms with E-state index in [2.05, 4.69) is 4.98 Å². The molecule has 2 aromatic rings. The highest BCUT2D eigenvalue weighted by Gasteiger charge is 2.42. The Balaban J connectivity index is 1.26.